The van der Waals surface area contributed by atoms with Gasteiger partial charge in [-0.25, -0.2) is 4.79 Å². The van der Waals surface area contributed by atoms with Crippen molar-refractivity contribution in [2.24, 2.45) is 11.8 Å². The van der Waals surface area contributed by atoms with Crippen LogP contribution in [0.1, 0.15) is 52.7 Å². The van der Waals surface area contributed by atoms with E-state index in [9.17, 15) is 14.7 Å². The smallest absolute Gasteiger partial charge is 0.335 e. The third kappa shape index (κ3) is 5.90. The molecule has 230 valence electrons. The minimum atomic E-state index is -0.973. The number of anilines is 1. The number of aromatic carboxylic acids is 1. The van der Waals surface area contributed by atoms with Crippen LogP contribution in [0, 0.1) is 11.8 Å². The van der Waals surface area contributed by atoms with E-state index in [0.717, 1.165) is 54.1 Å². The van der Waals surface area contributed by atoms with Gasteiger partial charge in [-0.2, -0.15) is 0 Å². The van der Waals surface area contributed by atoms with Gasteiger partial charge in [0.2, 0.25) is 5.91 Å². The first-order chi connectivity index (χ1) is 21.3. The summed E-state index contributed by atoms with van der Waals surface area (Å²) in [5, 5.41) is 10.6. The van der Waals surface area contributed by atoms with Crippen molar-refractivity contribution < 1.29 is 24.2 Å². The summed E-state index contributed by atoms with van der Waals surface area (Å²) < 4.78 is 11.8. The lowest BCUT2D eigenvalue weighted by molar-refractivity contribution is -0.141. The summed E-state index contributed by atoms with van der Waals surface area (Å²) in [6, 6.07) is 19.1. The number of methoxy groups -OCH3 is 1. The molecule has 44 heavy (non-hydrogen) atoms. The number of carboxylic acids is 1. The summed E-state index contributed by atoms with van der Waals surface area (Å²) in [5.74, 6) is 0.647. The van der Waals surface area contributed by atoms with E-state index in [-0.39, 0.29) is 28.7 Å². The first kappa shape index (κ1) is 30.1. The molecule has 1 N–H and O–H groups in total. The average Bonchev–Trinajstić information content (AvgIpc) is 3.16. The van der Waals surface area contributed by atoms with Gasteiger partial charge in [0.1, 0.15) is 11.5 Å². The molecule has 3 atom stereocenters. The van der Waals surface area contributed by atoms with Gasteiger partial charge in [0, 0.05) is 42.5 Å². The molecule has 1 fully saturated rings. The molecule has 3 aromatic rings. The molecule has 1 heterocycles. The van der Waals surface area contributed by atoms with Crippen LogP contribution in [-0.2, 0) is 23.2 Å². The van der Waals surface area contributed by atoms with Crippen LogP contribution in [0.3, 0.4) is 0 Å². The topological polar surface area (TPSA) is 79.3 Å². The van der Waals surface area contributed by atoms with E-state index in [1.54, 1.807) is 31.4 Å². The molecule has 1 aliphatic heterocycles. The minimum absolute atomic E-state index is 0.114. The second kappa shape index (κ2) is 12.6. The van der Waals surface area contributed by atoms with Gasteiger partial charge in [-0.15, -0.1) is 6.58 Å². The average molecular weight is 615 g/mol. The van der Waals surface area contributed by atoms with Gasteiger partial charge in [-0.05, 0) is 97.2 Å². The number of halogens is 1. The second-order valence-corrected chi connectivity index (χ2v) is 12.8. The maximum absolute atomic E-state index is 14.0. The molecule has 0 aromatic heterocycles. The van der Waals surface area contributed by atoms with E-state index in [4.69, 9.17) is 21.1 Å². The van der Waals surface area contributed by atoms with Gasteiger partial charge in [-0.1, -0.05) is 35.9 Å². The second-order valence-electron chi connectivity index (χ2n) is 12.4. The van der Waals surface area contributed by atoms with Crippen molar-refractivity contribution in [3.8, 4) is 11.5 Å². The first-order valence-electron chi connectivity index (χ1n) is 15.4. The minimum Gasteiger partial charge on any atom is -0.497 e. The number of hydrogen-bond donors (Lipinski definition) is 1. The Morgan fingerprint density at radius 1 is 1.16 bits per heavy atom. The van der Waals surface area contributed by atoms with Crippen molar-refractivity contribution in [2.45, 2.75) is 44.1 Å². The highest BCUT2D eigenvalue weighted by molar-refractivity contribution is 6.30. The third-order valence-electron chi connectivity index (χ3n) is 9.67. The van der Waals surface area contributed by atoms with Crippen molar-refractivity contribution in [1.82, 2.24) is 4.90 Å². The van der Waals surface area contributed by atoms with Gasteiger partial charge in [0.25, 0.3) is 0 Å². The molecule has 2 aliphatic carbocycles. The van der Waals surface area contributed by atoms with Crippen LogP contribution in [-0.4, -0.2) is 55.2 Å². The predicted octanol–water partition coefficient (Wildman–Crippen LogP) is 6.76. The van der Waals surface area contributed by atoms with Crippen molar-refractivity contribution in [2.75, 3.05) is 38.3 Å². The Balaban J connectivity index is 1.28. The van der Waals surface area contributed by atoms with Crippen LogP contribution in [0.15, 0.2) is 73.3 Å². The SMILES string of the molecule is C=CCN(Cc1ccc(OC)cc1)C(=O)[C@@H]1CC[C@H]1CN1C[C@@]2(CCCc3cc(Cl)ccc32)COc2ccc(C(=O)O)cc21. The Morgan fingerprint density at radius 3 is 2.68 bits per heavy atom. The van der Waals surface area contributed by atoms with E-state index >= 15 is 0 Å². The van der Waals surface area contributed by atoms with Crippen LogP contribution in [0.2, 0.25) is 5.02 Å². The summed E-state index contributed by atoms with van der Waals surface area (Å²) in [5.41, 5.74) is 4.27. The number of carbonyl (C=O) groups is 2. The maximum atomic E-state index is 14.0. The molecular formula is C36H39ClN2O5. The molecule has 0 radical (unpaired) electrons. The lowest BCUT2D eigenvalue weighted by Crippen LogP contribution is -2.50. The lowest BCUT2D eigenvalue weighted by atomic mass is 9.69. The zero-order chi connectivity index (χ0) is 30.8. The van der Waals surface area contributed by atoms with E-state index in [1.165, 1.54) is 11.1 Å². The lowest BCUT2D eigenvalue weighted by Gasteiger charge is -2.45. The number of aryl methyl sites for hydroxylation is 1. The number of carbonyl (C=O) groups excluding carboxylic acids is 1. The van der Waals surface area contributed by atoms with Crippen molar-refractivity contribution in [3.05, 3.63) is 101 Å². The van der Waals surface area contributed by atoms with Gasteiger partial charge >= 0.3 is 5.97 Å². The maximum Gasteiger partial charge on any atom is 0.335 e. The molecule has 0 saturated heterocycles. The molecule has 7 nitrogen and oxygen atoms in total. The standard InChI is InChI=1S/C36H39ClN2O5/c1-3-17-38(20-24-6-11-29(43-2)12-7-24)34(40)30-13-8-27(30)21-39-22-36(16-4-5-25-18-28(37)10-14-31(25)36)23-44-33-15-9-26(35(41)42)19-32(33)39/h3,6-7,9-12,14-15,18-19,27,30H,1,4-5,8,13,16-17,20-23H2,2H3,(H,41,42)/t27-,30+,36-/m0/s1. The Kier molecular flexibility index (Phi) is 8.59. The number of rotatable bonds is 9. The normalized spacial score (nSPS) is 22.1. The first-order valence-corrected chi connectivity index (χ1v) is 15.7. The molecular weight excluding hydrogens is 576 g/mol. The fraction of sp³-hybridized carbons (Fsp3) is 0.389. The highest BCUT2D eigenvalue weighted by Gasteiger charge is 2.45. The van der Waals surface area contributed by atoms with Crippen molar-refractivity contribution in [1.29, 1.82) is 0 Å². The zero-order valence-corrected chi connectivity index (χ0v) is 25.9. The zero-order valence-electron chi connectivity index (χ0n) is 25.1. The van der Waals surface area contributed by atoms with E-state index in [2.05, 4.69) is 23.6 Å². The highest BCUT2D eigenvalue weighted by Crippen LogP contribution is 2.46. The number of amides is 1. The van der Waals surface area contributed by atoms with Gasteiger partial charge in [-0.3, -0.25) is 4.79 Å². The third-order valence-corrected chi connectivity index (χ3v) is 9.90. The molecule has 3 aliphatic rings. The summed E-state index contributed by atoms with van der Waals surface area (Å²) in [6.45, 7) is 6.70. The fourth-order valence-corrected chi connectivity index (χ4v) is 7.41. The molecule has 1 saturated carbocycles. The Morgan fingerprint density at radius 2 is 1.98 bits per heavy atom. The van der Waals surface area contributed by atoms with Crippen molar-refractivity contribution in [3.63, 3.8) is 0 Å². The van der Waals surface area contributed by atoms with Crippen LogP contribution < -0.4 is 14.4 Å². The summed E-state index contributed by atoms with van der Waals surface area (Å²) in [7, 11) is 1.64. The number of ether oxygens (including phenoxy) is 2. The summed E-state index contributed by atoms with van der Waals surface area (Å²) in [6.07, 6.45) is 6.50. The monoisotopic (exact) mass is 614 g/mol. The van der Waals surface area contributed by atoms with E-state index in [0.29, 0.717) is 38.5 Å². The molecule has 3 aromatic carbocycles. The Labute approximate surface area is 264 Å². The Hall–Kier alpha value is -3.97. The van der Waals surface area contributed by atoms with Gasteiger partial charge in [0.05, 0.1) is 25.0 Å². The number of fused-ring (bicyclic) bond motifs is 3. The van der Waals surface area contributed by atoms with Crippen LogP contribution >= 0.6 is 11.6 Å². The van der Waals surface area contributed by atoms with Crippen molar-refractivity contribution >= 4 is 29.2 Å². The molecule has 6 rings (SSSR count). The van der Waals surface area contributed by atoms with E-state index < -0.39 is 5.97 Å². The number of carboxylic acid groups (broad SMARTS) is 1. The fourth-order valence-electron chi connectivity index (χ4n) is 7.22. The molecule has 1 amide bonds. The molecule has 0 bridgehead atoms. The molecule has 1 spiro atoms. The number of hydrogen-bond acceptors (Lipinski definition) is 5. The van der Waals surface area contributed by atoms with E-state index in [1.807, 2.05) is 35.2 Å². The number of nitrogens with zero attached hydrogens (tertiary/aromatic N) is 2. The van der Waals surface area contributed by atoms with Gasteiger partial charge < -0.3 is 24.4 Å². The largest absolute Gasteiger partial charge is 0.497 e. The van der Waals surface area contributed by atoms with Crippen LogP contribution in [0.5, 0.6) is 11.5 Å². The summed E-state index contributed by atoms with van der Waals surface area (Å²) in [4.78, 5) is 30.1. The molecule has 8 heteroatoms. The Bertz CT molecular complexity index is 1560. The van der Waals surface area contributed by atoms with Crippen LogP contribution in [0.4, 0.5) is 5.69 Å². The predicted molar refractivity (Wildman–Crippen MR) is 172 cm³/mol. The molecule has 0 unspecified atom stereocenters. The van der Waals surface area contributed by atoms with Crippen LogP contribution in [0.25, 0.3) is 0 Å². The highest BCUT2D eigenvalue weighted by atomic mass is 35.5. The van der Waals surface area contributed by atoms with Gasteiger partial charge in [0.15, 0.2) is 0 Å². The quantitative estimate of drug-likeness (QED) is 0.268. The summed E-state index contributed by atoms with van der Waals surface area (Å²) >= 11 is 6.39. The number of benzene rings is 3.